The summed E-state index contributed by atoms with van der Waals surface area (Å²) >= 11 is 0. The summed E-state index contributed by atoms with van der Waals surface area (Å²) in [6, 6.07) is 22.5. The van der Waals surface area contributed by atoms with Gasteiger partial charge in [-0.2, -0.15) is 0 Å². The summed E-state index contributed by atoms with van der Waals surface area (Å²) in [6.45, 7) is 1.95. The van der Waals surface area contributed by atoms with Crippen LogP contribution in [0.15, 0.2) is 66.7 Å². The average molecular weight is 405 g/mol. The molecule has 4 rings (SSSR count). The zero-order valence-electron chi connectivity index (χ0n) is 17.4. The molecule has 0 saturated heterocycles. The molecule has 3 aromatic rings. The molecule has 0 aliphatic carbocycles. The molecule has 0 radical (unpaired) electrons. The largest absolute Gasteiger partial charge is 0.497 e. The summed E-state index contributed by atoms with van der Waals surface area (Å²) in [5.74, 6) is 3.56. The van der Waals surface area contributed by atoms with Crippen LogP contribution < -0.4 is 24.3 Å². The summed E-state index contributed by atoms with van der Waals surface area (Å²) in [6.07, 6.45) is 0.927. The molecule has 1 N–H and O–H groups in total. The maximum absolute atomic E-state index is 5.65. The number of nitrogens with one attached hydrogen (secondary N) is 1. The van der Waals surface area contributed by atoms with Crippen molar-refractivity contribution < 1.29 is 18.9 Å². The van der Waals surface area contributed by atoms with Gasteiger partial charge >= 0.3 is 0 Å². The van der Waals surface area contributed by atoms with Gasteiger partial charge in [-0.3, -0.25) is 0 Å². The molecule has 5 heteroatoms. The van der Waals surface area contributed by atoms with E-state index >= 15 is 0 Å². The van der Waals surface area contributed by atoms with Gasteiger partial charge in [-0.15, -0.1) is 0 Å². The van der Waals surface area contributed by atoms with Gasteiger partial charge in [0.15, 0.2) is 11.5 Å². The fraction of sp³-hybridized carbons (Fsp3) is 0.280. The zero-order valence-corrected chi connectivity index (χ0v) is 17.4. The van der Waals surface area contributed by atoms with E-state index in [1.54, 1.807) is 14.2 Å². The quantitative estimate of drug-likeness (QED) is 0.521. The summed E-state index contributed by atoms with van der Waals surface area (Å²) in [5.41, 5.74) is 3.59. The van der Waals surface area contributed by atoms with Crippen LogP contribution in [-0.2, 0) is 6.54 Å². The normalized spacial score (nSPS) is 13.1. The molecule has 1 atom stereocenters. The number of hydrogen-bond donors (Lipinski definition) is 1. The summed E-state index contributed by atoms with van der Waals surface area (Å²) in [4.78, 5) is 0. The molecule has 1 heterocycles. The molecule has 1 aliphatic rings. The first-order chi connectivity index (χ1) is 14.8. The predicted octanol–water partition coefficient (Wildman–Crippen LogP) is 4.74. The molecule has 1 aliphatic heterocycles. The molecule has 0 spiro atoms. The second kappa shape index (κ2) is 9.55. The highest BCUT2D eigenvalue weighted by molar-refractivity contribution is 5.49. The van der Waals surface area contributed by atoms with E-state index in [0.717, 1.165) is 42.5 Å². The Morgan fingerprint density at radius 1 is 0.900 bits per heavy atom. The van der Waals surface area contributed by atoms with E-state index in [0.29, 0.717) is 0 Å². The summed E-state index contributed by atoms with van der Waals surface area (Å²) in [5, 5.41) is 3.56. The molecule has 0 amide bonds. The van der Waals surface area contributed by atoms with E-state index in [1.165, 1.54) is 16.7 Å². The van der Waals surface area contributed by atoms with Crippen molar-refractivity contribution in [2.75, 3.05) is 27.6 Å². The van der Waals surface area contributed by atoms with E-state index in [9.17, 15) is 0 Å². The van der Waals surface area contributed by atoms with Crippen molar-refractivity contribution in [3.8, 4) is 23.0 Å². The molecule has 5 nitrogen and oxygen atoms in total. The topological polar surface area (TPSA) is 49.0 Å². The van der Waals surface area contributed by atoms with Crippen molar-refractivity contribution >= 4 is 0 Å². The van der Waals surface area contributed by atoms with Gasteiger partial charge in [0, 0.05) is 18.0 Å². The summed E-state index contributed by atoms with van der Waals surface area (Å²) < 4.78 is 22.0. The van der Waals surface area contributed by atoms with Crippen molar-refractivity contribution in [3.63, 3.8) is 0 Å². The number of methoxy groups -OCH3 is 2. The van der Waals surface area contributed by atoms with Crippen molar-refractivity contribution in [3.05, 3.63) is 83.4 Å². The van der Waals surface area contributed by atoms with Crippen LogP contribution in [0.2, 0.25) is 0 Å². The van der Waals surface area contributed by atoms with Crippen LogP contribution in [0.3, 0.4) is 0 Å². The van der Waals surface area contributed by atoms with E-state index in [2.05, 4.69) is 41.7 Å². The predicted molar refractivity (Wildman–Crippen MR) is 117 cm³/mol. The number of rotatable bonds is 9. The molecule has 0 saturated carbocycles. The molecular formula is C25H27NO4. The lowest BCUT2D eigenvalue weighted by Gasteiger charge is -2.21. The summed E-state index contributed by atoms with van der Waals surface area (Å²) in [7, 11) is 3.40. The standard InChI is InChI=1S/C25H27NO4/c1-27-20-10-7-18(8-11-20)16-26-14-13-21(22-5-3-4-6-23(22)28-2)19-9-12-24-25(15-19)30-17-29-24/h3-12,15,21,26H,13-14,16-17H2,1-2H3/t21-/m1/s1. The lowest BCUT2D eigenvalue weighted by atomic mass is 9.87. The Labute approximate surface area is 177 Å². The van der Waals surface area contributed by atoms with Gasteiger partial charge in [-0.1, -0.05) is 36.4 Å². The third-order valence-corrected chi connectivity index (χ3v) is 5.41. The Morgan fingerprint density at radius 2 is 1.70 bits per heavy atom. The first-order valence-corrected chi connectivity index (χ1v) is 10.1. The molecule has 156 valence electrons. The monoisotopic (exact) mass is 405 g/mol. The van der Waals surface area contributed by atoms with Crippen LogP contribution in [-0.4, -0.2) is 27.6 Å². The van der Waals surface area contributed by atoms with Gasteiger partial charge in [0.05, 0.1) is 14.2 Å². The lowest BCUT2D eigenvalue weighted by Crippen LogP contribution is -2.18. The molecule has 0 fully saturated rings. The molecule has 3 aromatic carbocycles. The van der Waals surface area contributed by atoms with Crippen LogP contribution in [0.4, 0.5) is 0 Å². The van der Waals surface area contributed by atoms with Crippen LogP contribution in [0.1, 0.15) is 29.0 Å². The van der Waals surface area contributed by atoms with Gasteiger partial charge in [0.25, 0.3) is 0 Å². The van der Waals surface area contributed by atoms with Crippen LogP contribution in [0, 0.1) is 0 Å². The molecule has 30 heavy (non-hydrogen) atoms. The first-order valence-electron chi connectivity index (χ1n) is 10.1. The first kappa shape index (κ1) is 20.1. The maximum Gasteiger partial charge on any atom is 0.231 e. The van der Waals surface area contributed by atoms with Gasteiger partial charge in [0.1, 0.15) is 11.5 Å². The zero-order chi connectivity index (χ0) is 20.8. The SMILES string of the molecule is COc1ccc(CNCC[C@H](c2ccc3c(c2)OCO3)c2ccccc2OC)cc1. The van der Waals surface area contributed by atoms with Gasteiger partial charge in [-0.25, -0.2) is 0 Å². The highest BCUT2D eigenvalue weighted by atomic mass is 16.7. The highest BCUT2D eigenvalue weighted by Crippen LogP contribution is 2.39. The third-order valence-electron chi connectivity index (χ3n) is 5.41. The smallest absolute Gasteiger partial charge is 0.231 e. The van der Waals surface area contributed by atoms with Crippen LogP contribution in [0.5, 0.6) is 23.0 Å². The minimum Gasteiger partial charge on any atom is -0.497 e. The molecule has 0 aromatic heterocycles. The van der Waals surface area contributed by atoms with Crippen molar-refractivity contribution in [2.24, 2.45) is 0 Å². The Balaban J connectivity index is 1.49. The Hall–Kier alpha value is -3.18. The number of fused-ring (bicyclic) bond motifs is 1. The van der Waals surface area contributed by atoms with Crippen molar-refractivity contribution in [2.45, 2.75) is 18.9 Å². The van der Waals surface area contributed by atoms with Gasteiger partial charge in [0.2, 0.25) is 6.79 Å². The minimum absolute atomic E-state index is 0.180. The van der Waals surface area contributed by atoms with Crippen molar-refractivity contribution in [1.82, 2.24) is 5.32 Å². The van der Waals surface area contributed by atoms with Crippen LogP contribution >= 0.6 is 0 Å². The fourth-order valence-corrected chi connectivity index (χ4v) is 3.81. The Kier molecular flexibility index (Phi) is 6.40. The van der Waals surface area contributed by atoms with Crippen LogP contribution in [0.25, 0.3) is 0 Å². The van der Waals surface area contributed by atoms with E-state index < -0.39 is 0 Å². The van der Waals surface area contributed by atoms with Gasteiger partial charge < -0.3 is 24.3 Å². The Bertz CT molecular complexity index is 971. The third kappa shape index (κ3) is 4.52. The van der Waals surface area contributed by atoms with Gasteiger partial charge in [-0.05, 0) is 54.4 Å². The second-order valence-electron chi connectivity index (χ2n) is 7.22. The minimum atomic E-state index is 0.180. The fourth-order valence-electron chi connectivity index (χ4n) is 3.81. The lowest BCUT2D eigenvalue weighted by molar-refractivity contribution is 0.174. The second-order valence-corrected chi connectivity index (χ2v) is 7.22. The highest BCUT2D eigenvalue weighted by Gasteiger charge is 2.21. The molecular weight excluding hydrogens is 378 g/mol. The number of para-hydroxylation sites is 1. The number of hydrogen-bond acceptors (Lipinski definition) is 5. The maximum atomic E-state index is 5.65. The van der Waals surface area contributed by atoms with E-state index in [1.807, 2.05) is 30.3 Å². The van der Waals surface area contributed by atoms with E-state index in [-0.39, 0.29) is 12.7 Å². The molecule has 0 bridgehead atoms. The average Bonchev–Trinajstić information content (AvgIpc) is 3.27. The Morgan fingerprint density at radius 3 is 2.50 bits per heavy atom. The van der Waals surface area contributed by atoms with Crippen molar-refractivity contribution in [1.29, 1.82) is 0 Å². The molecule has 0 unspecified atom stereocenters. The number of benzene rings is 3. The number of ether oxygens (including phenoxy) is 4. The van der Waals surface area contributed by atoms with E-state index in [4.69, 9.17) is 18.9 Å².